The minimum absolute atomic E-state index is 0.799. The van der Waals surface area contributed by atoms with Gasteiger partial charge in [0.25, 0.3) is 0 Å². The molecule has 1 N–H and O–H groups in total. The molecule has 3 heteroatoms. The molecular formula is C18H24N2O. The fourth-order valence-electron chi connectivity index (χ4n) is 3.49. The minimum Gasteiger partial charge on any atom is -0.460 e. The number of fused-ring (bicyclic) bond motifs is 1. The van der Waals surface area contributed by atoms with Gasteiger partial charge in [0.1, 0.15) is 11.3 Å². The molecule has 3 nitrogen and oxygen atoms in total. The molecule has 1 saturated carbocycles. The Labute approximate surface area is 126 Å². The van der Waals surface area contributed by atoms with Crippen molar-refractivity contribution in [3.05, 3.63) is 36.1 Å². The van der Waals surface area contributed by atoms with Crippen LogP contribution in [0, 0.1) is 5.92 Å². The number of hydrogen-bond acceptors (Lipinski definition) is 3. The molecular weight excluding hydrogens is 260 g/mol. The molecule has 0 radical (unpaired) electrons. The fourth-order valence-corrected chi connectivity index (χ4v) is 3.49. The lowest BCUT2D eigenvalue weighted by atomic mass is 9.97. The normalized spacial score (nSPS) is 20.4. The lowest BCUT2D eigenvalue weighted by Gasteiger charge is -2.29. The molecule has 112 valence electrons. The summed E-state index contributed by atoms with van der Waals surface area (Å²) < 4.78 is 6.01. The molecule has 1 aromatic heterocycles. The van der Waals surface area contributed by atoms with Crippen LogP contribution in [0.1, 0.15) is 31.4 Å². The molecule has 0 amide bonds. The maximum Gasteiger partial charge on any atom is 0.134 e. The van der Waals surface area contributed by atoms with E-state index in [2.05, 4.69) is 34.5 Å². The Bertz CT molecular complexity index is 563. The average molecular weight is 284 g/mol. The molecule has 2 heterocycles. The van der Waals surface area contributed by atoms with E-state index in [1.165, 1.54) is 50.7 Å². The van der Waals surface area contributed by atoms with E-state index in [1.807, 2.05) is 6.07 Å². The summed E-state index contributed by atoms with van der Waals surface area (Å²) in [6.45, 7) is 4.59. The summed E-state index contributed by atoms with van der Waals surface area (Å²) >= 11 is 0. The van der Waals surface area contributed by atoms with Crippen LogP contribution in [-0.4, -0.2) is 30.6 Å². The Kier molecular flexibility index (Phi) is 3.70. The van der Waals surface area contributed by atoms with Crippen LogP contribution >= 0.6 is 0 Å². The summed E-state index contributed by atoms with van der Waals surface area (Å²) in [5.74, 6) is 1.98. The Morgan fingerprint density at radius 3 is 2.67 bits per heavy atom. The average Bonchev–Trinajstić information content (AvgIpc) is 3.28. The van der Waals surface area contributed by atoms with E-state index in [1.54, 1.807) is 0 Å². The van der Waals surface area contributed by atoms with Crippen molar-refractivity contribution in [2.75, 3.05) is 19.6 Å². The van der Waals surface area contributed by atoms with Gasteiger partial charge < -0.3 is 9.73 Å². The third-order valence-electron chi connectivity index (χ3n) is 4.85. The molecule has 2 fully saturated rings. The lowest BCUT2D eigenvalue weighted by Crippen LogP contribution is -2.36. The quantitative estimate of drug-likeness (QED) is 0.912. The van der Waals surface area contributed by atoms with E-state index in [0.29, 0.717) is 0 Å². The molecule has 1 aliphatic heterocycles. The minimum atomic E-state index is 0.799. The topological polar surface area (TPSA) is 28.4 Å². The summed E-state index contributed by atoms with van der Waals surface area (Å²) in [6, 6.07) is 11.3. The van der Waals surface area contributed by atoms with Gasteiger partial charge >= 0.3 is 0 Å². The number of piperidine rings is 1. The van der Waals surface area contributed by atoms with Gasteiger partial charge in [-0.1, -0.05) is 18.2 Å². The predicted octanol–water partition coefficient (Wildman–Crippen LogP) is 3.40. The maximum atomic E-state index is 6.01. The lowest BCUT2D eigenvalue weighted by molar-refractivity contribution is 0.180. The zero-order valence-corrected chi connectivity index (χ0v) is 12.6. The number of nitrogens with zero attached hydrogens (tertiary/aromatic N) is 1. The zero-order chi connectivity index (χ0) is 14.1. The van der Waals surface area contributed by atoms with Crippen molar-refractivity contribution in [2.24, 2.45) is 5.92 Å². The van der Waals surface area contributed by atoms with E-state index in [9.17, 15) is 0 Å². The fraction of sp³-hybridized carbons (Fsp3) is 0.556. The van der Waals surface area contributed by atoms with E-state index in [-0.39, 0.29) is 0 Å². The van der Waals surface area contributed by atoms with Crippen molar-refractivity contribution in [3.8, 4) is 0 Å². The first kappa shape index (κ1) is 13.4. The van der Waals surface area contributed by atoms with Crippen LogP contribution in [0.5, 0.6) is 0 Å². The molecule has 0 unspecified atom stereocenters. The number of furan rings is 1. The number of benzene rings is 1. The first-order valence-corrected chi connectivity index (χ1v) is 8.31. The Hall–Kier alpha value is -1.32. The van der Waals surface area contributed by atoms with Gasteiger partial charge in [0, 0.05) is 18.0 Å². The number of rotatable bonds is 5. The number of para-hydroxylation sites is 1. The third-order valence-corrected chi connectivity index (χ3v) is 4.85. The third kappa shape index (κ3) is 3.14. The highest BCUT2D eigenvalue weighted by Crippen LogP contribution is 2.31. The smallest absolute Gasteiger partial charge is 0.134 e. The van der Waals surface area contributed by atoms with E-state index in [4.69, 9.17) is 4.42 Å². The van der Waals surface area contributed by atoms with Crippen molar-refractivity contribution >= 4 is 11.0 Å². The molecule has 2 aliphatic rings. The number of hydrogen-bond donors (Lipinski definition) is 1. The van der Waals surface area contributed by atoms with Crippen LogP contribution in [0.4, 0.5) is 0 Å². The van der Waals surface area contributed by atoms with Crippen LogP contribution in [0.15, 0.2) is 34.7 Å². The molecule has 1 saturated heterocycles. The first-order chi connectivity index (χ1) is 10.4. The van der Waals surface area contributed by atoms with Crippen LogP contribution in [0.3, 0.4) is 0 Å². The highest BCUT2D eigenvalue weighted by Gasteiger charge is 2.31. The van der Waals surface area contributed by atoms with Crippen LogP contribution in [0.25, 0.3) is 11.0 Å². The monoisotopic (exact) mass is 284 g/mol. The van der Waals surface area contributed by atoms with Crippen molar-refractivity contribution < 1.29 is 4.42 Å². The second-order valence-electron chi connectivity index (χ2n) is 6.60. The second-order valence-corrected chi connectivity index (χ2v) is 6.60. The largest absolute Gasteiger partial charge is 0.460 e. The number of nitrogens with one attached hydrogen (secondary N) is 1. The van der Waals surface area contributed by atoms with Gasteiger partial charge in [-0.25, -0.2) is 0 Å². The van der Waals surface area contributed by atoms with Gasteiger partial charge in [-0.15, -0.1) is 0 Å². The van der Waals surface area contributed by atoms with E-state index in [0.717, 1.165) is 29.8 Å². The Morgan fingerprint density at radius 2 is 1.90 bits per heavy atom. The van der Waals surface area contributed by atoms with Crippen molar-refractivity contribution in [2.45, 2.75) is 38.3 Å². The van der Waals surface area contributed by atoms with Gasteiger partial charge in [-0.3, -0.25) is 4.90 Å². The molecule has 0 atom stereocenters. The van der Waals surface area contributed by atoms with Crippen molar-refractivity contribution in [1.82, 2.24) is 10.2 Å². The van der Waals surface area contributed by atoms with Gasteiger partial charge in [0.15, 0.2) is 0 Å². The summed E-state index contributed by atoms with van der Waals surface area (Å²) in [7, 11) is 0. The maximum absolute atomic E-state index is 6.01. The molecule has 0 spiro atoms. The van der Waals surface area contributed by atoms with Crippen LogP contribution < -0.4 is 5.32 Å². The van der Waals surface area contributed by atoms with Gasteiger partial charge in [-0.05, 0) is 56.8 Å². The van der Waals surface area contributed by atoms with Crippen molar-refractivity contribution in [1.29, 1.82) is 0 Å². The van der Waals surface area contributed by atoms with Gasteiger partial charge in [0.2, 0.25) is 0 Å². The van der Waals surface area contributed by atoms with Crippen LogP contribution in [0.2, 0.25) is 0 Å². The molecule has 0 bridgehead atoms. The molecule has 1 aromatic carbocycles. The summed E-state index contributed by atoms with van der Waals surface area (Å²) in [6.07, 6.45) is 5.38. The van der Waals surface area contributed by atoms with Crippen molar-refractivity contribution in [3.63, 3.8) is 0 Å². The highest BCUT2D eigenvalue weighted by molar-refractivity contribution is 5.77. The van der Waals surface area contributed by atoms with Gasteiger partial charge in [0.05, 0.1) is 6.54 Å². The summed E-state index contributed by atoms with van der Waals surface area (Å²) in [5.41, 5.74) is 1.02. The summed E-state index contributed by atoms with van der Waals surface area (Å²) in [4.78, 5) is 2.66. The molecule has 1 aliphatic carbocycles. The van der Waals surface area contributed by atoms with Gasteiger partial charge in [-0.2, -0.15) is 0 Å². The Morgan fingerprint density at radius 1 is 1.10 bits per heavy atom. The zero-order valence-electron chi connectivity index (χ0n) is 12.6. The first-order valence-electron chi connectivity index (χ1n) is 8.31. The highest BCUT2D eigenvalue weighted by atomic mass is 16.3. The van der Waals surface area contributed by atoms with E-state index < -0.39 is 0 Å². The van der Waals surface area contributed by atoms with E-state index >= 15 is 0 Å². The molecule has 21 heavy (non-hydrogen) atoms. The SMILES string of the molecule is c1ccc2oc(CN(CC3CCNCC3)C3CC3)cc2c1. The predicted molar refractivity (Wildman–Crippen MR) is 85.2 cm³/mol. The molecule has 2 aromatic rings. The summed E-state index contributed by atoms with van der Waals surface area (Å²) in [5, 5.41) is 4.69. The second kappa shape index (κ2) is 5.82. The molecule has 4 rings (SSSR count). The van der Waals surface area contributed by atoms with Crippen LogP contribution in [-0.2, 0) is 6.54 Å². The standard InChI is InChI=1S/C18H24N2O/c1-2-4-18-15(3-1)11-17(21-18)13-20(16-5-6-16)12-14-7-9-19-10-8-14/h1-4,11,14,16,19H,5-10,12-13H2. The Balaban J connectivity index is 1.46.